The zero-order chi connectivity index (χ0) is 24.0. The van der Waals surface area contributed by atoms with Crippen molar-refractivity contribution in [1.29, 1.82) is 0 Å². The Kier molecular flexibility index (Phi) is 5.53. The van der Waals surface area contributed by atoms with Gasteiger partial charge in [-0.25, -0.2) is 9.37 Å². The molecule has 4 aromatic rings. The molecule has 172 valence electrons. The summed E-state index contributed by atoms with van der Waals surface area (Å²) in [6.07, 6.45) is 3.35. The summed E-state index contributed by atoms with van der Waals surface area (Å²) >= 11 is 6.04. The molecule has 0 spiro atoms. The van der Waals surface area contributed by atoms with E-state index in [9.17, 15) is 14.0 Å². The Hall–Kier alpha value is -3.78. The Balaban J connectivity index is 1.46. The molecule has 0 N–H and O–H groups in total. The van der Waals surface area contributed by atoms with Gasteiger partial charge < -0.3 is 14.0 Å². The molecule has 4 heterocycles. The van der Waals surface area contributed by atoms with Crippen LogP contribution in [0.5, 0.6) is 0 Å². The number of amides is 1. The molecule has 0 fully saturated rings. The molecular weight excluding hydrogens is 457 g/mol. The molecule has 0 radical (unpaired) electrons. The summed E-state index contributed by atoms with van der Waals surface area (Å²) in [6, 6.07) is 12.5. The first-order chi connectivity index (χ1) is 16.3. The van der Waals surface area contributed by atoms with Gasteiger partial charge in [-0.15, -0.1) is 0 Å². The molecule has 7 nitrogen and oxygen atoms in total. The second kappa shape index (κ2) is 8.53. The normalized spacial score (nSPS) is 14.2. The van der Waals surface area contributed by atoms with Gasteiger partial charge in [-0.1, -0.05) is 17.7 Å². The van der Waals surface area contributed by atoms with Crippen molar-refractivity contribution in [3.05, 3.63) is 99.3 Å². The molecule has 1 atom stereocenters. The fourth-order valence-electron chi connectivity index (χ4n) is 4.24. The molecule has 0 saturated heterocycles. The summed E-state index contributed by atoms with van der Waals surface area (Å²) < 4.78 is 17.5. The monoisotopic (exact) mass is 477 g/mol. The van der Waals surface area contributed by atoms with E-state index in [2.05, 4.69) is 9.97 Å². The minimum Gasteiger partial charge on any atom is -0.327 e. The number of aromatic nitrogens is 4. The van der Waals surface area contributed by atoms with Crippen LogP contribution in [0.3, 0.4) is 0 Å². The molecule has 1 amide bonds. The highest BCUT2D eigenvalue weighted by Gasteiger charge is 2.30. The molecule has 0 bridgehead atoms. The zero-order valence-corrected chi connectivity index (χ0v) is 19.3. The number of nitrogens with zero attached hydrogens (tertiary/aromatic N) is 5. The van der Waals surface area contributed by atoms with Gasteiger partial charge in [0.05, 0.1) is 29.5 Å². The molecule has 9 heteroatoms. The lowest BCUT2D eigenvalue weighted by molar-refractivity contribution is 0.0624. The van der Waals surface area contributed by atoms with Gasteiger partial charge >= 0.3 is 0 Å². The van der Waals surface area contributed by atoms with Crippen LogP contribution >= 0.6 is 11.6 Å². The molecule has 1 aliphatic heterocycles. The highest BCUT2D eigenvalue weighted by molar-refractivity contribution is 6.30. The summed E-state index contributed by atoms with van der Waals surface area (Å²) in [7, 11) is 0. The van der Waals surface area contributed by atoms with Gasteiger partial charge in [-0.2, -0.15) is 0 Å². The third kappa shape index (κ3) is 3.80. The first kappa shape index (κ1) is 22.0. The number of hydrogen-bond donors (Lipinski definition) is 0. The van der Waals surface area contributed by atoms with Crippen molar-refractivity contribution in [3.8, 4) is 16.9 Å². The van der Waals surface area contributed by atoms with E-state index in [1.807, 2.05) is 13.8 Å². The lowest BCUT2D eigenvalue weighted by atomic mass is 10.1. The van der Waals surface area contributed by atoms with Crippen molar-refractivity contribution in [1.82, 2.24) is 24.0 Å². The number of hydrogen-bond acceptors (Lipinski definition) is 4. The Morgan fingerprint density at radius 3 is 2.68 bits per heavy atom. The van der Waals surface area contributed by atoms with Crippen molar-refractivity contribution >= 4 is 17.5 Å². The topological polar surface area (TPSA) is 73.0 Å². The smallest absolute Gasteiger partial charge is 0.275 e. The largest absolute Gasteiger partial charge is 0.327 e. The highest BCUT2D eigenvalue weighted by Crippen LogP contribution is 2.28. The lowest BCUT2D eigenvalue weighted by Crippen LogP contribution is -2.46. The van der Waals surface area contributed by atoms with E-state index < -0.39 is 5.82 Å². The van der Waals surface area contributed by atoms with Gasteiger partial charge in [0.1, 0.15) is 17.2 Å². The highest BCUT2D eigenvalue weighted by atomic mass is 35.5. The number of aryl methyl sites for hydroxylation is 1. The van der Waals surface area contributed by atoms with E-state index in [-0.39, 0.29) is 17.5 Å². The molecule has 3 aromatic heterocycles. The van der Waals surface area contributed by atoms with Gasteiger partial charge in [0, 0.05) is 29.9 Å². The average Bonchev–Trinajstić information content (AvgIpc) is 3.27. The van der Waals surface area contributed by atoms with Crippen molar-refractivity contribution in [2.24, 2.45) is 0 Å². The van der Waals surface area contributed by atoms with Crippen molar-refractivity contribution in [2.75, 3.05) is 6.54 Å². The minimum absolute atomic E-state index is 0.243. The van der Waals surface area contributed by atoms with E-state index >= 15 is 0 Å². The van der Waals surface area contributed by atoms with E-state index in [0.717, 1.165) is 5.69 Å². The first-order valence-corrected chi connectivity index (χ1v) is 11.2. The molecule has 34 heavy (non-hydrogen) atoms. The molecule has 0 unspecified atom stereocenters. The summed E-state index contributed by atoms with van der Waals surface area (Å²) in [4.78, 5) is 36.9. The number of halogens is 2. The van der Waals surface area contributed by atoms with Crippen LogP contribution < -0.4 is 5.56 Å². The van der Waals surface area contributed by atoms with Crippen molar-refractivity contribution in [3.63, 3.8) is 0 Å². The summed E-state index contributed by atoms with van der Waals surface area (Å²) in [5, 5.41) is 0.412. The number of carbonyl (C=O) groups is 1. The van der Waals surface area contributed by atoms with Crippen LogP contribution in [0.2, 0.25) is 5.02 Å². The maximum Gasteiger partial charge on any atom is 0.275 e. The number of carbonyl (C=O) groups excluding carboxylic acids is 1. The Bertz CT molecular complexity index is 1480. The number of rotatable bonds is 4. The average molecular weight is 478 g/mol. The summed E-state index contributed by atoms with van der Waals surface area (Å²) in [5.74, 6) is -0.682. The second-order valence-electron chi connectivity index (χ2n) is 8.23. The van der Waals surface area contributed by atoms with Crippen LogP contribution in [-0.4, -0.2) is 36.5 Å². The number of fused-ring (bicyclic) bond motifs is 1. The van der Waals surface area contributed by atoms with Crippen LogP contribution in [0.15, 0.2) is 65.8 Å². The maximum atomic E-state index is 14.4. The molecule has 5 rings (SSSR count). The first-order valence-electron chi connectivity index (χ1n) is 10.8. The van der Waals surface area contributed by atoms with Crippen molar-refractivity contribution in [2.45, 2.75) is 26.4 Å². The zero-order valence-electron chi connectivity index (χ0n) is 18.6. The molecular formula is C25H21ClFN5O2. The third-order valence-electron chi connectivity index (χ3n) is 6.06. The van der Waals surface area contributed by atoms with Gasteiger partial charge in [-0.05, 0) is 56.3 Å². The molecule has 1 aromatic carbocycles. The van der Waals surface area contributed by atoms with Crippen LogP contribution in [0.4, 0.5) is 4.39 Å². The second-order valence-corrected chi connectivity index (χ2v) is 8.67. The van der Waals surface area contributed by atoms with Crippen LogP contribution in [-0.2, 0) is 6.54 Å². The van der Waals surface area contributed by atoms with Gasteiger partial charge in [0.25, 0.3) is 11.5 Å². The van der Waals surface area contributed by atoms with Gasteiger partial charge in [-0.3, -0.25) is 14.6 Å². The lowest BCUT2D eigenvalue weighted by Gasteiger charge is -2.34. The van der Waals surface area contributed by atoms with Crippen LogP contribution in [0, 0.1) is 12.7 Å². The number of imidazole rings is 1. The van der Waals surface area contributed by atoms with Crippen LogP contribution in [0.25, 0.3) is 16.9 Å². The molecule has 0 saturated carbocycles. The van der Waals surface area contributed by atoms with Crippen LogP contribution in [0.1, 0.15) is 34.8 Å². The predicted molar refractivity (Wildman–Crippen MR) is 127 cm³/mol. The van der Waals surface area contributed by atoms with Gasteiger partial charge in [0.2, 0.25) is 0 Å². The molecule has 0 aliphatic carbocycles. The fraction of sp³-hybridized carbons (Fsp3) is 0.200. The quantitative estimate of drug-likeness (QED) is 0.436. The number of benzene rings is 1. The third-order valence-corrected chi connectivity index (χ3v) is 6.29. The van der Waals surface area contributed by atoms with E-state index in [4.69, 9.17) is 11.6 Å². The standard InChI is InChI=1S/C25H21ClFN5O2/c1-15-13-30(14-28-15)22-8-9-23-25(34)31(10-11-32(23)24(22)33)16(2)20-4-3-5-21(29-20)18-12-17(26)6-7-19(18)27/h3-9,12-14,16H,10-11H2,1-2H3/t16-/m0/s1. The minimum atomic E-state index is -0.423. The van der Waals surface area contributed by atoms with E-state index in [1.54, 1.807) is 52.3 Å². The SMILES string of the molecule is Cc1cn(-c2ccc3n(c2=O)CCN([C@@H](C)c2cccc(-c4cc(Cl)ccc4F)n2)C3=O)cn1. The van der Waals surface area contributed by atoms with Crippen molar-refractivity contribution < 1.29 is 9.18 Å². The Labute approximate surface area is 200 Å². The fourth-order valence-corrected chi connectivity index (χ4v) is 4.41. The molecule has 1 aliphatic rings. The summed E-state index contributed by atoms with van der Waals surface area (Å²) in [6.45, 7) is 4.42. The Morgan fingerprint density at radius 2 is 1.91 bits per heavy atom. The number of pyridine rings is 2. The van der Waals surface area contributed by atoms with E-state index in [0.29, 0.717) is 46.4 Å². The summed E-state index contributed by atoms with van der Waals surface area (Å²) in [5.41, 5.74) is 2.66. The predicted octanol–water partition coefficient (Wildman–Crippen LogP) is 4.41. The van der Waals surface area contributed by atoms with E-state index in [1.165, 1.54) is 22.8 Å². The Morgan fingerprint density at radius 1 is 1.09 bits per heavy atom. The van der Waals surface area contributed by atoms with Gasteiger partial charge in [0.15, 0.2) is 0 Å². The maximum absolute atomic E-state index is 14.4.